The Morgan fingerprint density at radius 2 is 0.922 bits per heavy atom. The van der Waals surface area contributed by atoms with E-state index in [1.54, 1.807) is 0 Å². The third-order valence-corrected chi connectivity index (χ3v) is 10.2. The third kappa shape index (κ3) is 15.5. The summed E-state index contributed by atoms with van der Waals surface area (Å²) in [6, 6.07) is 17.3. The Hall–Kier alpha value is -2.56. The summed E-state index contributed by atoms with van der Waals surface area (Å²) in [6.07, 6.45) is 7.88. The average molecular weight is 818 g/mol. The molecular formula is C44H55Br2N3O2. The second-order valence-electron chi connectivity index (χ2n) is 14.0. The van der Waals surface area contributed by atoms with Crippen LogP contribution in [0.4, 0.5) is 0 Å². The van der Waals surface area contributed by atoms with Crippen LogP contribution in [0, 0.1) is 47.4 Å². The van der Waals surface area contributed by atoms with Crippen molar-refractivity contribution in [3.05, 3.63) is 68.6 Å². The van der Waals surface area contributed by atoms with Crippen LogP contribution in [0.3, 0.4) is 0 Å². The van der Waals surface area contributed by atoms with Gasteiger partial charge >= 0.3 is 0 Å². The molecule has 0 N–H and O–H groups in total. The van der Waals surface area contributed by atoms with E-state index >= 15 is 0 Å². The van der Waals surface area contributed by atoms with E-state index in [1.165, 1.54) is 11.1 Å². The standard InChI is InChI=1S/C44H55Br2N3O2/c1-44(2,3)49(28-16-12-8-4-6-10-14-18-42(47-30-34-50-35-31-47)38-20-24-40(45)25-21-38)29-17-13-9-5-7-11-15-19-43(48-32-36-51-37-33-48)39-22-26-41(46)27-23-39/h20-27,42-43H,4-11,28-37H2,1-3H3. The monoisotopic (exact) mass is 815 g/mol. The van der Waals surface area contributed by atoms with E-state index in [0.29, 0.717) is 0 Å². The number of unbranched alkanes of at least 4 members (excludes halogenated alkanes) is 6. The Labute approximate surface area is 325 Å². The first kappa shape index (κ1) is 41.2. The molecule has 2 aliphatic rings. The van der Waals surface area contributed by atoms with Gasteiger partial charge in [0.25, 0.3) is 0 Å². The summed E-state index contributed by atoms with van der Waals surface area (Å²) in [5.41, 5.74) is 2.52. The molecule has 2 aromatic carbocycles. The fourth-order valence-electron chi connectivity index (χ4n) is 5.93. The summed E-state index contributed by atoms with van der Waals surface area (Å²) in [7, 11) is 0. The number of ether oxygens (including phenoxy) is 2. The van der Waals surface area contributed by atoms with Crippen LogP contribution >= 0.6 is 31.9 Å². The predicted molar refractivity (Wildman–Crippen MR) is 218 cm³/mol. The van der Waals surface area contributed by atoms with E-state index in [4.69, 9.17) is 9.47 Å². The Balaban J connectivity index is 1.14. The normalized spacial score (nSPS) is 16.4. The van der Waals surface area contributed by atoms with Gasteiger partial charge in [-0.15, -0.1) is 23.7 Å². The fourth-order valence-corrected chi connectivity index (χ4v) is 6.46. The zero-order valence-corrected chi connectivity index (χ0v) is 34.1. The van der Waals surface area contributed by atoms with E-state index in [1.807, 2.05) is 0 Å². The maximum atomic E-state index is 5.58. The van der Waals surface area contributed by atoms with Gasteiger partial charge in [-0.25, -0.2) is 0 Å². The SMILES string of the molecule is CC(C)(C)N(CC#CCCCCC#CC(c1ccc(Br)cc1)N1CCOCC1)CC#CCCCCC#CC(c1ccc(Br)cc1)N1CCOCC1. The Bertz CT molecular complexity index is 1450. The number of rotatable bonds is 12. The van der Waals surface area contributed by atoms with E-state index < -0.39 is 0 Å². The topological polar surface area (TPSA) is 28.2 Å². The van der Waals surface area contributed by atoms with E-state index in [-0.39, 0.29) is 17.6 Å². The first-order valence-electron chi connectivity index (χ1n) is 18.6. The maximum absolute atomic E-state index is 5.58. The maximum Gasteiger partial charge on any atom is 0.0972 e. The molecule has 272 valence electrons. The molecule has 2 fully saturated rings. The molecule has 0 aliphatic carbocycles. The molecule has 2 aliphatic heterocycles. The minimum atomic E-state index is 0.0201. The quantitative estimate of drug-likeness (QED) is 0.158. The Morgan fingerprint density at radius 1 is 0.569 bits per heavy atom. The second-order valence-corrected chi connectivity index (χ2v) is 15.8. The summed E-state index contributed by atoms with van der Waals surface area (Å²) in [5.74, 6) is 27.7. The smallest absolute Gasteiger partial charge is 0.0972 e. The minimum Gasteiger partial charge on any atom is -0.379 e. The molecule has 0 spiro atoms. The number of halogens is 2. The molecule has 2 aromatic rings. The van der Waals surface area contributed by atoms with E-state index in [0.717, 1.165) is 126 Å². The van der Waals surface area contributed by atoms with Crippen molar-refractivity contribution in [2.75, 3.05) is 65.7 Å². The molecule has 7 heteroatoms. The lowest BCUT2D eigenvalue weighted by Gasteiger charge is -2.32. The van der Waals surface area contributed by atoms with Gasteiger partial charge in [0.2, 0.25) is 0 Å². The molecule has 51 heavy (non-hydrogen) atoms. The number of benzene rings is 2. The molecule has 2 atom stereocenters. The van der Waals surface area contributed by atoms with Crippen molar-refractivity contribution in [1.29, 1.82) is 0 Å². The highest BCUT2D eigenvalue weighted by atomic mass is 79.9. The molecule has 2 heterocycles. The Kier molecular flexibility index (Phi) is 18.7. The van der Waals surface area contributed by atoms with Crippen molar-refractivity contribution < 1.29 is 9.47 Å². The van der Waals surface area contributed by atoms with Crippen LogP contribution in [0.2, 0.25) is 0 Å². The highest BCUT2D eigenvalue weighted by molar-refractivity contribution is 9.10. The zero-order valence-electron chi connectivity index (χ0n) is 30.9. The summed E-state index contributed by atoms with van der Waals surface area (Å²) < 4.78 is 13.3. The van der Waals surface area contributed by atoms with Crippen LogP contribution in [-0.2, 0) is 9.47 Å². The molecule has 0 aromatic heterocycles. The predicted octanol–water partition coefficient (Wildman–Crippen LogP) is 8.89. The van der Waals surface area contributed by atoms with Gasteiger partial charge < -0.3 is 9.47 Å². The summed E-state index contributed by atoms with van der Waals surface area (Å²) in [6.45, 7) is 15.0. The van der Waals surface area contributed by atoms with Crippen molar-refractivity contribution in [3.63, 3.8) is 0 Å². The zero-order chi connectivity index (χ0) is 36.2. The van der Waals surface area contributed by atoms with Crippen LogP contribution < -0.4 is 0 Å². The average Bonchev–Trinajstić information content (AvgIpc) is 3.13. The number of nitrogens with zero attached hydrogens (tertiary/aromatic N) is 3. The summed E-state index contributed by atoms with van der Waals surface area (Å²) >= 11 is 7.11. The van der Waals surface area contributed by atoms with Gasteiger partial charge in [-0.3, -0.25) is 14.7 Å². The van der Waals surface area contributed by atoms with Gasteiger partial charge in [-0.1, -0.05) is 79.8 Å². The van der Waals surface area contributed by atoms with Gasteiger partial charge in [0.1, 0.15) is 0 Å². The van der Waals surface area contributed by atoms with Gasteiger partial charge in [0.05, 0.1) is 51.6 Å². The van der Waals surface area contributed by atoms with Crippen molar-refractivity contribution in [2.45, 2.75) is 89.8 Å². The van der Waals surface area contributed by atoms with Gasteiger partial charge in [-0.05, 0) is 81.8 Å². The lowest BCUT2D eigenvalue weighted by atomic mass is 10.0. The molecule has 0 radical (unpaired) electrons. The fraction of sp³-hybridized carbons (Fsp3) is 0.545. The molecule has 0 saturated carbocycles. The van der Waals surface area contributed by atoms with Crippen LogP contribution in [-0.4, -0.2) is 85.9 Å². The highest BCUT2D eigenvalue weighted by Crippen LogP contribution is 2.25. The molecule has 5 nitrogen and oxygen atoms in total. The number of hydrogen-bond donors (Lipinski definition) is 0. The van der Waals surface area contributed by atoms with Gasteiger partial charge in [0, 0.05) is 66.3 Å². The third-order valence-electron chi connectivity index (χ3n) is 9.12. The van der Waals surface area contributed by atoms with E-state index in [9.17, 15) is 0 Å². The molecule has 0 amide bonds. The van der Waals surface area contributed by atoms with Crippen LogP contribution in [0.1, 0.15) is 95.3 Å². The van der Waals surface area contributed by atoms with Crippen molar-refractivity contribution in [2.24, 2.45) is 0 Å². The molecule has 2 saturated heterocycles. The molecule has 0 bridgehead atoms. The minimum absolute atomic E-state index is 0.0201. The van der Waals surface area contributed by atoms with Gasteiger partial charge in [0.15, 0.2) is 0 Å². The van der Waals surface area contributed by atoms with Crippen molar-refractivity contribution in [3.8, 4) is 47.4 Å². The summed E-state index contributed by atoms with van der Waals surface area (Å²) in [5, 5.41) is 0. The first-order valence-corrected chi connectivity index (χ1v) is 20.2. The lowest BCUT2D eigenvalue weighted by Crippen LogP contribution is -2.41. The van der Waals surface area contributed by atoms with Gasteiger partial charge in [-0.2, -0.15) is 0 Å². The van der Waals surface area contributed by atoms with Crippen molar-refractivity contribution >= 4 is 31.9 Å². The number of morpholine rings is 2. The van der Waals surface area contributed by atoms with Crippen LogP contribution in [0.25, 0.3) is 0 Å². The van der Waals surface area contributed by atoms with Crippen LogP contribution in [0.15, 0.2) is 57.5 Å². The molecular weight excluding hydrogens is 762 g/mol. The first-order chi connectivity index (χ1) is 24.8. The lowest BCUT2D eigenvalue weighted by molar-refractivity contribution is 0.0269. The number of hydrogen-bond acceptors (Lipinski definition) is 5. The summed E-state index contributed by atoms with van der Waals surface area (Å²) in [4.78, 5) is 7.23. The molecule has 2 unspecified atom stereocenters. The largest absolute Gasteiger partial charge is 0.379 e. The highest BCUT2D eigenvalue weighted by Gasteiger charge is 2.22. The second kappa shape index (κ2) is 23.2. The van der Waals surface area contributed by atoms with E-state index in [2.05, 4.69) is 163 Å². The van der Waals surface area contributed by atoms with Crippen LogP contribution in [0.5, 0.6) is 0 Å². The molecule has 4 rings (SSSR count). The Morgan fingerprint density at radius 3 is 1.27 bits per heavy atom. The van der Waals surface area contributed by atoms with Crippen molar-refractivity contribution in [1.82, 2.24) is 14.7 Å².